The smallest absolute Gasteiger partial charge is 0.293 e. The molecule has 0 bridgehead atoms. The summed E-state index contributed by atoms with van der Waals surface area (Å²) in [7, 11) is 0. The highest BCUT2D eigenvalue weighted by Gasteiger charge is 2.29. The van der Waals surface area contributed by atoms with Crippen LogP contribution in [0.2, 0.25) is 0 Å². The number of halogens is 1. The first-order valence-electron chi connectivity index (χ1n) is 9.22. The van der Waals surface area contributed by atoms with Gasteiger partial charge in [-0.05, 0) is 60.9 Å². The third-order valence-corrected chi connectivity index (χ3v) is 5.43. The van der Waals surface area contributed by atoms with Crippen molar-refractivity contribution in [2.75, 3.05) is 13.1 Å². The fraction of sp³-hybridized carbons (Fsp3) is 0.350. The second-order valence-corrected chi connectivity index (χ2v) is 7.77. The Hall–Kier alpha value is -2.54. The summed E-state index contributed by atoms with van der Waals surface area (Å²) in [6, 6.07) is 9.92. The van der Waals surface area contributed by atoms with Gasteiger partial charge in [0.1, 0.15) is 5.82 Å². The molecule has 5 nitrogen and oxygen atoms in total. The first kappa shape index (κ1) is 17.9. The maximum Gasteiger partial charge on any atom is 0.293 e. The first-order chi connectivity index (χ1) is 13.2. The fourth-order valence-electron chi connectivity index (χ4n) is 3.03. The predicted octanol–water partition coefficient (Wildman–Crippen LogP) is 4.40. The van der Waals surface area contributed by atoms with E-state index >= 15 is 0 Å². The number of nitrogens with zero attached hydrogens (tertiary/aromatic N) is 4. The molecule has 140 valence electrons. The van der Waals surface area contributed by atoms with Crippen LogP contribution in [0.1, 0.15) is 36.8 Å². The van der Waals surface area contributed by atoms with Crippen LogP contribution in [0, 0.1) is 11.7 Å². The van der Waals surface area contributed by atoms with Crippen molar-refractivity contribution in [3.8, 4) is 16.4 Å². The van der Waals surface area contributed by atoms with E-state index in [-0.39, 0.29) is 17.5 Å². The number of hydrogen-bond acceptors (Lipinski definition) is 4. The Kier molecular flexibility index (Phi) is 5.03. The lowest BCUT2D eigenvalue weighted by Gasteiger charge is -2.20. The number of hydrogen-bond donors (Lipinski definition) is 0. The molecule has 0 radical (unpaired) electrons. The average molecular weight is 384 g/mol. The molecule has 1 saturated carbocycles. The zero-order valence-corrected chi connectivity index (χ0v) is 16.0. The van der Waals surface area contributed by atoms with Crippen LogP contribution in [0.5, 0.6) is 0 Å². The molecule has 1 fully saturated rings. The standard InChI is InChI=1S/C20H21FN4OS/c1-2-11-24(13-14-5-6-14)20(26)18-22-19(17-4-3-12-27-17)25(23-18)16-9-7-15(21)8-10-16/h3-4,7-10,12,14H,2,5-6,11,13H2,1H3. The summed E-state index contributed by atoms with van der Waals surface area (Å²) >= 11 is 1.53. The van der Waals surface area contributed by atoms with Crippen molar-refractivity contribution in [3.63, 3.8) is 0 Å². The van der Waals surface area contributed by atoms with Crippen LogP contribution in [0.15, 0.2) is 41.8 Å². The van der Waals surface area contributed by atoms with Crippen molar-refractivity contribution in [1.29, 1.82) is 0 Å². The largest absolute Gasteiger partial charge is 0.336 e. The first-order valence-corrected chi connectivity index (χ1v) is 10.1. The van der Waals surface area contributed by atoms with Gasteiger partial charge in [0, 0.05) is 13.1 Å². The molecule has 3 aromatic rings. The van der Waals surface area contributed by atoms with E-state index in [4.69, 9.17) is 0 Å². The zero-order chi connectivity index (χ0) is 18.8. The lowest BCUT2D eigenvalue weighted by Crippen LogP contribution is -2.34. The molecule has 1 aliphatic carbocycles. The molecule has 1 amide bonds. The molecule has 0 N–H and O–H groups in total. The van der Waals surface area contributed by atoms with Crippen LogP contribution in [0.4, 0.5) is 4.39 Å². The topological polar surface area (TPSA) is 51.0 Å². The minimum Gasteiger partial charge on any atom is -0.336 e. The van der Waals surface area contributed by atoms with E-state index in [0.717, 1.165) is 17.8 Å². The Morgan fingerprint density at radius 1 is 1.30 bits per heavy atom. The molecule has 0 spiro atoms. The Balaban J connectivity index is 1.71. The van der Waals surface area contributed by atoms with Crippen molar-refractivity contribution in [2.24, 2.45) is 5.92 Å². The molecule has 2 aromatic heterocycles. The third-order valence-electron chi connectivity index (χ3n) is 4.57. The van der Waals surface area contributed by atoms with E-state index in [1.54, 1.807) is 16.8 Å². The summed E-state index contributed by atoms with van der Waals surface area (Å²) < 4.78 is 14.9. The Labute approximate surface area is 161 Å². The Bertz CT molecular complexity index is 916. The number of aromatic nitrogens is 3. The van der Waals surface area contributed by atoms with E-state index in [1.807, 2.05) is 22.4 Å². The van der Waals surface area contributed by atoms with E-state index in [0.29, 0.717) is 24.0 Å². The molecule has 0 atom stereocenters. The van der Waals surface area contributed by atoms with Crippen LogP contribution in [0.3, 0.4) is 0 Å². The van der Waals surface area contributed by atoms with Crippen molar-refractivity contribution in [1.82, 2.24) is 19.7 Å². The summed E-state index contributed by atoms with van der Waals surface area (Å²) in [5.41, 5.74) is 0.676. The number of carbonyl (C=O) groups is 1. The molecule has 7 heteroatoms. The van der Waals surface area contributed by atoms with Gasteiger partial charge >= 0.3 is 0 Å². The molecule has 27 heavy (non-hydrogen) atoms. The SMILES string of the molecule is CCCN(CC1CC1)C(=O)c1nc(-c2cccs2)n(-c2ccc(F)cc2)n1. The van der Waals surface area contributed by atoms with Gasteiger partial charge in [0.15, 0.2) is 5.82 Å². The second kappa shape index (κ2) is 7.60. The van der Waals surface area contributed by atoms with E-state index in [9.17, 15) is 9.18 Å². The molecule has 0 aliphatic heterocycles. The maximum absolute atomic E-state index is 13.3. The Morgan fingerprint density at radius 3 is 2.70 bits per heavy atom. The van der Waals surface area contributed by atoms with Crippen molar-refractivity contribution in [3.05, 3.63) is 53.4 Å². The molecule has 0 saturated heterocycles. The van der Waals surface area contributed by atoms with Gasteiger partial charge in [-0.3, -0.25) is 4.79 Å². The summed E-state index contributed by atoms with van der Waals surface area (Å²) in [4.78, 5) is 20.4. The third kappa shape index (κ3) is 3.93. The summed E-state index contributed by atoms with van der Waals surface area (Å²) in [6.45, 7) is 3.54. The van der Waals surface area contributed by atoms with Crippen molar-refractivity contribution >= 4 is 17.2 Å². The van der Waals surface area contributed by atoms with E-state index in [2.05, 4.69) is 17.0 Å². The van der Waals surface area contributed by atoms with Gasteiger partial charge in [-0.1, -0.05) is 13.0 Å². The molecule has 0 unspecified atom stereocenters. The normalized spacial score (nSPS) is 13.7. The number of amides is 1. The van der Waals surface area contributed by atoms with Crippen LogP contribution in [-0.4, -0.2) is 38.7 Å². The number of rotatable bonds is 7. The Morgan fingerprint density at radius 2 is 2.07 bits per heavy atom. The van der Waals surface area contributed by atoms with Crippen molar-refractivity contribution < 1.29 is 9.18 Å². The molecule has 4 rings (SSSR count). The van der Waals surface area contributed by atoms with Crippen molar-refractivity contribution in [2.45, 2.75) is 26.2 Å². The molecule has 2 heterocycles. The van der Waals surface area contributed by atoms with E-state index in [1.165, 1.54) is 36.3 Å². The highest BCUT2D eigenvalue weighted by Crippen LogP contribution is 2.30. The van der Waals surface area contributed by atoms with Gasteiger partial charge in [-0.25, -0.2) is 14.1 Å². The van der Waals surface area contributed by atoms with E-state index < -0.39 is 0 Å². The van der Waals surface area contributed by atoms with Gasteiger partial charge in [0.25, 0.3) is 5.91 Å². The summed E-state index contributed by atoms with van der Waals surface area (Å²) in [6.07, 6.45) is 3.27. The van der Waals surface area contributed by atoms with Gasteiger partial charge < -0.3 is 4.90 Å². The molecule has 1 aromatic carbocycles. The number of thiophene rings is 1. The monoisotopic (exact) mass is 384 g/mol. The van der Waals surface area contributed by atoms with Gasteiger partial charge in [0.2, 0.25) is 5.82 Å². The highest BCUT2D eigenvalue weighted by molar-refractivity contribution is 7.13. The highest BCUT2D eigenvalue weighted by atomic mass is 32.1. The zero-order valence-electron chi connectivity index (χ0n) is 15.1. The van der Waals surface area contributed by atoms with Gasteiger partial charge in [-0.2, -0.15) is 0 Å². The number of benzene rings is 1. The molecular formula is C20H21FN4OS. The maximum atomic E-state index is 13.3. The van der Waals surface area contributed by atoms with Gasteiger partial charge in [-0.15, -0.1) is 16.4 Å². The van der Waals surface area contributed by atoms with Crippen LogP contribution < -0.4 is 0 Å². The fourth-order valence-corrected chi connectivity index (χ4v) is 3.73. The summed E-state index contributed by atoms with van der Waals surface area (Å²) in [5.74, 6) is 0.949. The molecular weight excluding hydrogens is 363 g/mol. The average Bonchev–Trinajstić information content (AvgIpc) is 3.15. The summed E-state index contributed by atoms with van der Waals surface area (Å²) in [5, 5.41) is 6.45. The lowest BCUT2D eigenvalue weighted by molar-refractivity contribution is 0.0735. The van der Waals surface area contributed by atoms with Crippen LogP contribution in [0.25, 0.3) is 16.4 Å². The minimum absolute atomic E-state index is 0.137. The van der Waals surface area contributed by atoms with Gasteiger partial charge in [0.05, 0.1) is 10.6 Å². The lowest BCUT2D eigenvalue weighted by atomic mass is 10.3. The van der Waals surface area contributed by atoms with Crippen LogP contribution in [-0.2, 0) is 0 Å². The number of carbonyl (C=O) groups excluding carboxylic acids is 1. The predicted molar refractivity (Wildman–Crippen MR) is 104 cm³/mol. The second-order valence-electron chi connectivity index (χ2n) is 6.82. The quantitative estimate of drug-likeness (QED) is 0.607. The molecule has 1 aliphatic rings. The van der Waals surface area contributed by atoms with Crippen LogP contribution >= 0.6 is 11.3 Å². The minimum atomic E-state index is -0.314.